The van der Waals surface area contributed by atoms with Gasteiger partial charge in [0.05, 0.1) is 19.2 Å². The molecule has 1 aromatic heterocycles. The Morgan fingerprint density at radius 3 is 2.62 bits per heavy atom. The predicted molar refractivity (Wildman–Crippen MR) is 130 cm³/mol. The molecule has 1 aliphatic carbocycles. The zero-order valence-corrected chi connectivity index (χ0v) is 18.7. The second-order valence-corrected chi connectivity index (χ2v) is 8.18. The Bertz CT molecular complexity index is 1230. The average molecular weight is 448 g/mol. The van der Waals surface area contributed by atoms with E-state index in [1.54, 1.807) is 7.11 Å². The molecule has 1 amide bonds. The summed E-state index contributed by atoms with van der Waals surface area (Å²) in [6.45, 7) is 0. The van der Waals surface area contributed by atoms with Gasteiger partial charge in [0.25, 0.3) is 0 Å². The molecule has 0 saturated heterocycles. The summed E-state index contributed by atoms with van der Waals surface area (Å²) in [6.07, 6.45) is 2.40. The molecule has 0 aliphatic heterocycles. The van der Waals surface area contributed by atoms with Crippen molar-refractivity contribution in [3.8, 4) is 5.75 Å². The van der Waals surface area contributed by atoms with Gasteiger partial charge in [0.15, 0.2) is 0 Å². The van der Waals surface area contributed by atoms with Crippen molar-refractivity contribution in [1.82, 2.24) is 10.2 Å². The van der Waals surface area contributed by atoms with Crippen LogP contribution in [0.3, 0.4) is 0 Å². The highest BCUT2D eigenvalue weighted by atomic mass is 35.5. The number of methoxy groups -OCH3 is 1. The van der Waals surface area contributed by atoms with Crippen molar-refractivity contribution >= 4 is 34.9 Å². The number of fused-ring (bicyclic) bond motifs is 1. The number of carbonyl (C=O) groups is 1. The van der Waals surface area contributed by atoms with E-state index >= 15 is 0 Å². The van der Waals surface area contributed by atoms with Gasteiger partial charge in [-0.05, 0) is 46.7 Å². The minimum atomic E-state index is -0.0490. The molecule has 32 heavy (non-hydrogen) atoms. The number of halogens is 1. The van der Waals surface area contributed by atoms with E-state index in [4.69, 9.17) is 4.74 Å². The summed E-state index contributed by atoms with van der Waals surface area (Å²) in [6, 6.07) is 24.4. The van der Waals surface area contributed by atoms with Crippen LogP contribution in [-0.4, -0.2) is 23.2 Å². The third-order valence-corrected chi connectivity index (χ3v) is 6.24. The third kappa shape index (κ3) is 4.34. The van der Waals surface area contributed by atoms with Gasteiger partial charge in [-0.25, -0.2) is 0 Å². The first-order valence-electron chi connectivity index (χ1n) is 10.7. The van der Waals surface area contributed by atoms with Gasteiger partial charge in [0.1, 0.15) is 11.6 Å². The summed E-state index contributed by atoms with van der Waals surface area (Å²) in [5.74, 6) is 2.44. The Hall–Kier alpha value is -3.31. The number of aromatic nitrogens is 2. The van der Waals surface area contributed by atoms with E-state index in [2.05, 4.69) is 45.8 Å². The van der Waals surface area contributed by atoms with Crippen LogP contribution in [-0.2, 0) is 11.2 Å². The van der Waals surface area contributed by atoms with E-state index in [0.29, 0.717) is 24.1 Å². The molecule has 0 atom stereocenters. The molecule has 164 valence electrons. The molecule has 5 nitrogen and oxygen atoms in total. The molecule has 1 saturated carbocycles. The van der Waals surface area contributed by atoms with E-state index in [-0.39, 0.29) is 18.3 Å². The van der Waals surface area contributed by atoms with Crippen LogP contribution in [0.2, 0.25) is 0 Å². The number of hydrogen-bond acceptors (Lipinski definition) is 3. The molecular weight excluding hydrogens is 422 g/mol. The van der Waals surface area contributed by atoms with Crippen molar-refractivity contribution in [3.05, 3.63) is 89.6 Å². The second kappa shape index (κ2) is 9.45. The number of amides is 1. The molecule has 0 bridgehead atoms. The number of anilines is 1. The lowest BCUT2D eigenvalue weighted by molar-refractivity contribution is -0.115. The fourth-order valence-electron chi connectivity index (χ4n) is 4.54. The number of H-pyrrole nitrogens is 1. The highest BCUT2D eigenvalue weighted by molar-refractivity contribution is 5.95. The summed E-state index contributed by atoms with van der Waals surface area (Å²) in [4.78, 5) is 12.6. The molecule has 1 fully saturated rings. The number of hydrogen-bond donors (Lipinski definition) is 2. The summed E-state index contributed by atoms with van der Waals surface area (Å²) >= 11 is 0. The Morgan fingerprint density at radius 1 is 1.03 bits per heavy atom. The number of aromatic amines is 1. The van der Waals surface area contributed by atoms with E-state index < -0.39 is 0 Å². The maximum atomic E-state index is 12.6. The van der Waals surface area contributed by atoms with Gasteiger partial charge in [-0.2, -0.15) is 5.10 Å². The fraction of sp³-hybridized carbons (Fsp3) is 0.231. The molecule has 0 radical (unpaired) electrons. The van der Waals surface area contributed by atoms with E-state index in [1.807, 2.05) is 42.5 Å². The minimum absolute atomic E-state index is 0. The van der Waals surface area contributed by atoms with Crippen LogP contribution in [0.4, 0.5) is 5.82 Å². The smallest absolute Gasteiger partial charge is 0.229 e. The van der Waals surface area contributed by atoms with Crippen LogP contribution in [0, 0.1) is 0 Å². The Balaban J connectivity index is 0.00000245. The maximum absolute atomic E-state index is 12.6. The SMILES string of the molecule is COc1ccccc1[C@H]1C[C@@H](c2cc(NC(=O)Cc3cccc4ccccc34)[nH]n2)C1.Cl. The van der Waals surface area contributed by atoms with E-state index in [0.717, 1.165) is 40.6 Å². The van der Waals surface area contributed by atoms with Crippen LogP contribution in [0.1, 0.15) is 41.5 Å². The number of carbonyl (C=O) groups excluding carboxylic acids is 1. The van der Waals surface area contributed by atoms with Crippen LogP contribution >= 0.6 is 12.4 Å². The fourth-order valence-corrected chi connectivity index (χ4v) is 4.54. The van der Waals surface area contributed by atoms with Crippen LogP contribution in [0.25, 0.3) is 10.8 Å². The lowest BCUT2D eigenvalue weighted by Crippen LogP contribution is -2.21. The van der Waals surface area contributed by atoms with Gasteiger partial charge >= 0.3 is 0 Å². The summed E-state index contributed by atoms with van der Waals surface area (Å²) in [5, 5.41) is 12.6. The van der Waals surface area contributed by atoms with Gasteiger partial charge < -0.3 is 10.1 Å². The number of rotatable bonds is 6. The maximum Gasteiger partial charge on any atom is 0.229 e. The molecule has 4 aromatic rings. The van der Waals surface area contributed by atoms with Crippen molar-refractivity contribution in [2.75, 3.05) is 12.4 Å². The molecule has 6 heteroatoms. The van der Waals surface area contributed by atoms with Crippen molar-refractivity contribution < 1.29 is 9.53 Å². The molecular formula is C26H26ClN3O2. The van der Waals surface area contributed by atoms with Gasteiger partial charge in [0, 0.05) is 12.0 Å². The summed E-state index contributed by atoms with van der Waals surface area (Å²) in [5.41, 5.74) is 3.29. The third-order valence-electron chi connectivity index (χ3n) is 6.24. The zero-order valence-electron chi connectivity index (χ0n) is 17.9. The summed E-state index contributed by atoms with van der Waals surface area (Å²) < 4.78 is 5.50. The number of benzene rings is 3. The summed E-state index contributed by atoms with van der Waals surface area (Å²) in [7, 11) is 1.72. The Kier molecular flexibility index (Phi) is 6.47. The van der Waals surface area contributed by atoms with Gasteiger partial charge in [0.2, 0.25) is 5.91 Å². The monoisotopic (exact) mass is 447 g/mol. The van der Waals surface area contributed by atoms with Crippen LogP contribution in [0.5, 0.6) is 5.75 Å². The van der Waals surface area contributed by atoms with Gasteiger partial charge in [-0.3, -0.25) is 9.89 Å². The predicted octanol–water partition coefficient (Wildman–Crippen LogP) is 5.84. The first-order valence-corrected chi connectivity index (χ1v) is 10.7. The van der Waals surface area contributed by atoms with Crippen molar-refractivity contribution in [3.63, 3.8) is 0 Å². The first-order chi connectivity index (χ1) is 15.2. The van der Waals surface area contributed by atoms with Crippen LogP contribution < -0.4 is 10.1 Å². The standard InChI is InChI=1S/C26H25N3O2.ClH/c1-31-24-12-5-4-11-22(24)19-13-20(14-19)23-16-25(29-28-23)27-26(30)15-18-9-6-8-17-7-2-3-10-21(17)18;/h2-12,16,19-20H,13-15H2,1H3,(H2,27,28,29,30);1H/t19-,20+;. The topological polar surface area (TPSA) is 67.0 Å². The first kappa shape index (κ1) is 21.9. The molecule has 0 spiro atoms. The van der Waals surface area contributed by atoms with E-state index in [9.17, 15) is 4.79 Å². The minimum Gasteiger partial charge on any atom is -0.496 e. The highest BCUT2D eigenvalue weighted by Gasteiger charge is 2.34. The molecule has 3 aromatic carbocycles. The molecule has 1 aliphatic rings. The normalized spacial score (nSPS) is 17.3. The zero-order chi connectivity index (χ0) is 21.2. The number of nitrogens with one attached hydrogen (secondary N) is 2. The Morgan fingerprint density at radius 2 is 1.78 bits per heavy atom. The molecule has 1 heterocycles. The highest BCUT2D eigenvalue weighted by Crippen LogP contribution is 2.49. The molecule has 0 unspecified atom stereocenters. The van der Waals surface area contributed by atoms with Gasteiger partial charge in [-0.15, -0.1) is 12.4 Å². The Labute approximate surface area is 193 Å². The number of ether oxygens (including phenoxy) is 1. The largest absolute Gasteiger partial charge is 0.496 e. The van der Waals surface area contributed by atoms with E-state index in [1.165, 1.54) is 5.56 Å². The average Bonchev–Trinajstić information content (AvgIpc) is 3.21. The van der Waals surface area contributed by atoms with Crippen molar-refractivity contribution in [2.45, 2.75) is 31.1 Å². The quantitative estimate of drug-likeness (QED) is 0.390. The van der Waals surface area contributed by atoms with Crippen LogP contribution in [0.15, 0.2) is 72.8 Å². The van der Waals surface area contributed by atoms with Crippen molar-refractivity contribution in [2.24, 2.45) is 0 Å². The van der Waals surface area contributed by atoms with Gasteiger partial charge in [-0.1, -0.05) is 60.7 Å². The lowest BCUT2D eigenvalue weighted by Gasteiger charge is -2.35. The number of para-hydroxylation sites is 1. The molecule has 2 N–H and O–H groups in total. The lowest BCUT2D eigenvalue weighted by atomic mass is 9.70. The second-order valence-electron chi connectivity index (χ2n) is 8.18. The number of nitrogens with zero attached hydrogens (tertiary/aromatic N) is 1. The van der Waals surface area contributed by atoms with Crippen molar-refractivity contribution in [1.29, 1.82) is 0 Å². The molecule has 5 rings (SSSR count).